The van der Waals surface area contributed by atoms with E-state index in [0.29, 0.717) is 23.0 Å². The van der Waals surface area contributed by atoms with Crippen molar-refractivity contribution in [2.24, 2.45) is 5.92 Å². The number of pyridine rings is 2. The summed E-state index contributed by atoms with van der Waals surface area (Å²) in [5.74, 6) is 1.58. The van der Waals surface area contributed by atoms with Gasteiger partial charge in [-0.05, 0) is 56.9 Å². The van der Waals surface area contributed by atoms with Crippen molar-refractivity contribution in [1.82, 2.24) is 29.3 Å². The standard InChI is InChI=1S/C22H23N7O/c1-14(2)29-13-24-27-21(29)17-4-3-5-20(25-17)26-22(30)18-10-19-16(11-23-18)8-9-28(19)12-15-6-7-15/h3-5,8-11,13-15H,6-7,12H2,1-2H3,(H,25,26,30). The number of nitrogens with one attached hydrogen (secondary N) is 1. The van der Waals surface area contributed by atoms with E-state index < -0.39 is 0 Å². The molecule has 1 N–H and O–H groups in total. The highest BCUT2D eigenvalue weighted by Crippen LogP contribution is 2.32. The van der Waals surface area contributed by atoms with E-state index in [1.165, 1.54) is 12.8 Å². The number of amides is 1. The van der Waals surface area contributed by atoms with Gasteiger partial charge in [-0.3, -0.25) is 9.78 Å². The van der Waals surface area contributed by atoms with Gasteiger partial charge in [-0.2, -0.15) is 0 Å². The zero-order valence-corrected chi connectivity index (χ0v) is 17.0. The second kappa shape index (κ2) is 7.37. The minimum Gasteiger partial charge on any atom is -0.347 e. The number of rotatable bonds is 6. The number of fused-ring (bicyclic) bond motifs is 1. The largest absolute Gasteiger partial charge is 0.347 e. The molecule has 8 nitrogen and oxygen atoms in total. The molecule has 4 heterocycles. The Balaban J connectivity index is 1.39. The van der Waals surface area contributed by atoms with E-state index in [1.807, 2.05) is 28.8 Å². The number of carbonyl (C=O) groups is 1. The van der Waals surface area contributed by atoms with Crippen LogP contribution in [0.4, 0.5) is 5.82 Å². The molecular formula is C22H23N7O. The quantitative estimate of drug-likeness (QED) is 0.529. The molecular weight excluding hydrogens is 378 g/mol. The highest BCUT2D eigenvalue weighted by molar-refractivity contribution is 6.04. The Hall–Kier alpha value is -3.55. The zero-order valence-electron chi connectivity index (χ0n) is 17.0. The van der Waals surface area contributed by atoms with E-state index in [-0.39, 0.29) is 11.9 Å². The molecule has 0 aromatic carbocycles. The van der Waals surface area contributed by atoms with Crippen LogP contribution in [0.2, 0.25) is 0 Å². The summed E-state index contributed by atoms with van der Waals surface area (Å²) >= 11 is 0. The van der Waals surface area contributed by atoms with Crippen LogP contribution < -0.4 is 5.32 Å². The monoisotopic (exact) mass is 401 g/mol. The second-order valence-electron chi connectivity index (χ2n) is 8.06. The first-order chi connectivity index (χ1) is 14.6. The topological polar surface area (TPSA) is 90.5 Å². The number of aromatic nitrogens is 6. The molecule has 1 saturated carbocycles. The summed E-state index contributed by atoms with van der Waals surface area (Å²) in [5, 5.41) is 12.1. The average Bonchev–Trinajstić information content (AvgIpc) is 3.26. The molecule has 1 fully saturated rings. The molecule has 8 heteroatoms. The van der Waals surface area contributed by atoms with E-state index in [0.717, 1.165) is 23.4 Å². The first-order valence-corrected chi connectivity index (χ1v) is 10.2. The van der Waals surface area contributed by atoms with Gasteiger partial charge in [-0.1, -0.05) is 6.07 Å². The fourth-order valence-electron chi connectivity index (χ4n) is 3.56. The molecule has 152 valence electrons. The minimum atomic E-state index is -0.286. The van der Waals surface area contributed by atoms with E-state index in [1.54, 1.807) is 18.6 Å². The van der Waals surface area contributed by atoms with Crippen LogP contribution in [0.25, 0.3) is 22.4 Å². The summed E-state index contributed by atoms with van der Waals surface area (Å²) in [6.45, 7) is 5.10. The molecule has 0 radical (unpaired) electrons. The van der Waals surface area contributed by atoms with Crippen molar-refractivity contribution in [3.05, 3.63) is 54.7 Å². The first kappa shape index (κ1) is 18.5. The molecule has 0 bridgehead atoms. The molecule has 1 aliphatic carbocycles. The molecule has 4 aromatic rings. The second-order valence-corrected chi connectivity index (χ2v) is 8.06. The average molecular weight is 401 g/mol. The predicted octanol–water partition coefficient (Wildman–Crippen LogP) is 3.93. The van der Waals surface area contributed by atoms with Crippen LogP contribution in [0.5, 0.6) is 0 Å². The Labute approximate surface area is 174 Å². The SMILES string of the molecule is CC(C)n1cnnc1-c1cccc(NC(=O)c2cc3c(ccn3CC3CC3)cn2)n1. The summed E-state index contributed by atoms with van der Waals surface area (Å²) < 4.78 is 4.15. The van der Waals surface area contributed by atoms with Gasteiger partial charge in [0.05, 0.1) is 5.52 Å². The molecule has 1 amide bonds. The smallest absolute Gasteiger partial charge is 0.275 e. The van der Waals surface area contributed by atoms with Crippen LogP contribution >= 0.6 is 0 Å². The van der Waals surface area contributed by atoms with Crippen molar-refractivity contribution in [2.45, 2.75) is 39.3 Å². The first-order valence-electron chi connectivity index (χ1n) is 10.2. The highest BCUT2D eigenvalue weighted by atomic mass is 16.1. The fraction of sp³-hybridized carbons (Fsp3) is 0.318. The maximum atomic E-state index is 12.8. The van der Waals surface area contributed by atoms with Crippen LogP contribution in [0.15, 0.2) is 49.1 Å². The van der Waals surface area contributed by atoms with E-state index in [2.05, 4.69) is 50.1 Å². The number of hydrogen-bond donors (Lipinski definition) is 1. The highest BCUT2D eigenvalue weighted by Gasteiger charge is 2.22. The summed E-state index contributed by atoms with van der Waals surface area (Å²) in [7, 11) is 0. The molecule has 0 atom stereocenters. The number of hydrogen-bond acceptors (Lipinski definition) is 5. The van der Waals surface area contributed by atoms with Gasteiger partial charge in [0.25, 0.3) is 5.91 Å². The molecule has 0 saturated heterocycles. The van der Waals surface area contributed by atoms with Gasteiger partial charge in [0.15, 0.2) is 5.82 Å². The van der Waals surface area contributed by atoms with Gasteiger partial charge in [-0.15, -0.1) is 10.2 Å². The van der Waals surface area contributed by atoms with Crippen LogP contribution in [-0.4, -0.2) is 35.2 Å². The maximum absolute atomic E-state index is 12.8. The number of anilines is 1. The summed E-state index contributed by atoms with van der Waals surface area (Å²) in [6.07, 6.45) is 8.07. The molecule has 5 rings (SSSR count). The van der Waals surface area contributed by atoms with Crippen LogP contribution in [-0.2, 0) is 6.54 Å². The third-order valence-electron chi connectivity index (χ3n) is 5.39. The Morgan fingerprint density at radius 1 is 1.27 bits per heavy atom. The van der Waals surface area contributed by atoms with Gasteiger partial charge < -0.3 is 14.5 Å². The Morgan fingerprint density at radius 2 is 2.13 bits per heavy atom. The lowest BCUT2D eigenvalue weighted by molar-refractivity contribution is 0.102. The van der Waals surface area contributed by atoms with E-state index in [9.17, 15) is 4.79 Å². The maximum Gasteiger partial charge on any atom is 0.275 e. The van der Waals surface area contributed by atoms with E-state index in [4.69, 9.17) is 0 Å². The van der Waals surface area contributed by atoms with Gasteiger partial charge >= 0.3 is 0 Å². The number of nitrogens with zero attached hydrogens (tertiary/aromatic N) is 6. The molecule has 0 spiro atoms. The molecule has 1 aliphatic rings. The van der Waals surface area contributed by atoms with Gasteiger partial charge in [0.1, 0.15) is 23.5 Å². The van der Waals surface area contributed by atoms with Crippen molar-refractivity contribution >= 4 is 22.6 Å². The third-order valence-corrected chi connectivity index (χ3v) is 5.39. The normalized spacial score (nSPS) is 13.8. The summed E-state index contributed by atoms with van der Waals surface area (Å²) in [5.41, 5.74) is 2.06. The van der Waals surface area contributed by atoms with Crippen molar-refractivity contribution in [3.63, 3.8) is 0 Å². The van der Waals surface area contributed by atoms with Crippen molar-refractivity contribution < 1.29 is 4.79 Å². The van der Waals surface area contributed by atoms with Crippen molar-refractivity contribution in [1.29, 1.82) is 0 Å². The Bertz CT molecular complexity index is 1220. The van der Waals surface area contributed by atoms with E-state index >= 15 is 0 Å². The van der Waals surface area contributed by atoms with Gasteiger partial charge in [0, 0.05) is 30.4 Å². The summed E-state index contributed by atoms with van der Waals surface area (Å²) in [6, 6.07) is 9.56. The Kier molecular flexibility index (Phi) is 4.54. The fourth-order valence-corrected chi connectivity index (χ4v) is 3.56. The molecule has 0 unspecified atom stereocenters. The lowest BCUT2D eigenvalue weighted by Crippen LogP contribution is -2.15. The molecule has 30 heavy (non-hydrogen) atoms. The predicted molar refractivity (Wildman–Crippen MR) is 114 cm³/mol. The van der Waals surface area contributed by atoms with Crippen LogP contribution in [0, 0.1) is 5.92 Å². The van der Waals surface area contributed by atoms with Gasteiger partial charge in [-0.25, -0.2) is 4.98 Å². The molecule has 0 aliphatic heterocycles. The van der Waals surface area contributed by atoms with Crippen LogP contribution in [0.1, 0.15) is 43.2 Å². The zero-order chi connectivity index (χ0) is 20.7. The third kappa shape index (κ3) is 3.56. The van der Waals surface area contributed by atoms with Gasteiger partial charge in [0.2, 0.25) is 0 Å². The Morgan fingerprint density at radius 3 is 2.93 bits per heavy atom. The lowest BCUT2D eigenvalue weighted by Gasteiger charge is -2.10. The van der Waals surface area contributed by atoms with Crippen molar-refractivity contribution in [3.8, 4) is 11.5 Å². The number of carbonyl (C=O) groups excluding carboxylic acids is 1. The molecule has 4 aromatic heterocycles. The lowest BCUT2D eigenvalue weighted by atomic mass is 10.2. The minimum absolute atomic E-state index is 0.206. The van der Waals surface area contributed by atoms with Crippen LogP contribution in [0.3, 0.4) is 0 Å². The summed E-state index contributed by atoms with van der Waals surface area (Å²) in [4.78, 5) is 21.7. The van der Waals surface area contributed by atoms with Crippen molar-refractivity contribution in [2.75, 3.05) is 5.32 Å².